The summed E-state index contributed by atoms with van der Waals surface area (Å²) in [5.74, 6) is -1.13. The second kappa shape index (κ2) is 7.56. The Morgan fingerprint density at radius 1 is 1.16 bits per heavy atom. The maximum atomic E-state index is 12.7. The molecule has 0 saturated carbocycles. The molecule has 25 heavy (non-hydrogen) atoms. The molecule has 0 radical (unpaired) electrons. The van der Waals surface area contributed by atoms with Gasteiger partial charge in [-0.25, -0.2) is 4.79 Å². The summed E-state index contributed by atoms with van der Waals surface area (Å²) in [7, 11) is 0. The summed E-state index contributed by atoms with van der Waals surface area (Å²) < 4.78 is 5.40. The van der Waals surface area contributed by atoms with E-state index in [4.69, 9.17) is 4.74 Å². The molecular weight excluding hydrogens is 340 g/mol. The Balaban J connectivity index is 2.21. The fraction of sp³-hybridized carbons (Fsp3) is 0.611. The molecule has 6 nitrogen and oxygen atoms in total. The Morgan fingerprint density at radius 3 is 2.40 bits per heavy atom. The maximum absolute atomic E-state index is 12.7. The van der Waals surface area contributed by atoms with E-state index in [1.54, 1.807) is 6.92 Å². The molecule has 0 bridgehead atoms. The Kier molecular flexibility index (Phi) is 5.87. The Morgan fingerprint density at radius 2 is 1.80 bits per heavy atom. The predicted molar refractivity (Wildman–Crippen MR) is 98.0 cm³/mol. The molecule has 2 amide bonds. The van der Waals surface area contributed by atoms with Crippen LogP contribution in [0.2, 0.25) is 0 Å². The van der Waals surface area contributed by atoms with Crippen molar-refractivity contribution in [2.24, 2.45) is 0 Å². The fourth-order valence-corrected chi connectivity index (χ4v) is 4.10. The minimum absolute atomic E-state index is 0.230. The van der Waals surface area contributed by atoms with Gasteiger partial charge in [0.15, 0.2) is 6.10 Å². The van der Waals surface area contributed by atoms with Gasteiger partial charge in [-0.2, -0.15) is 0 Å². The van der Waals surface area contributed by atoms with Gasteiger partial charge in [-0.1, -0.05) is 0 Å². The molecule has 138 valence electrons. The number of fused-ring (bicyclic) bond motifs is 1. The number of esters is 1. The summed E-state index contributed by atoms with van der Waals surface area (Å²) in [5, 5.41) is 6.05. The van der Waals surface area contributed by atoms with Crippen LogP contribution in [-0.2, 0) is 27.2 Å². The van der Waals surface area contributed by atoms with Gasteiger partial charge in [0.2, 0.25) is 5.91 Å². The van der Waals surface area contributed by atoms with Crippen LogP contribution in [0.15, 0.2) is 0 Å². The molecule has 1 atom stereocenters. The first-order valence-corrected chi connectivity index (χ1v) is 9.35. The number of thiophene rings is 1. The number of carbonyl (C=O) groups is 3. The number of hydrogen-bond acceptors (Lipinski definition) is 5. The molecule has 7 heteroatoms. The van der Waals surface area contributed by atoms with Gasteiger partial charge in [-0.3, -0.25) is 9.59 Å². The topological polar surface area (TPSA) is 84.5 Å². The van der Waals surface area contributed by atoms with Crippen molar-refractivity contribution < 1.29 is 19.1 Å². The number of carbonyl (C=O) groups excluding carboxylic acids is 3. The van der Waals surface area contributed by atoms with Crippen LogP contribution in [0, 0.1) is 0 Å². The second-order valence-corrected chi connectivity index (χ2v) is 8.49. The van der Waals surface area contributed by atoms with Crippen LogP contribution < -0.4 is 10.6 Å². The van der Waals surface area contributed by atoms with Crippen LogP contribution >= 0.6 is 11.3 Å². The highest BCUT2D eigenvalue weighted by atomic mass is 32.1. The fourth-order valence-electron chi connectivity index (χ4n) is 2.77. The van der Waals surface area contributed by atoms with Crippen molar-refractivity contribution in [3.8, 4) is 0 Å². The number of ether oxygens (including phenoxy) is 1. The molecule has 0 aliphatic heterocycles. The molecule has 1 aliphatic rings. The van der Waals surface area contributed by atoms with E-state index < -0.39 is 17.6 Å². The molecule has 1 aliphatic carbocycles. The van der Waals surface area contributed by atoms with Crippen LogP contribution in [-0.4, -0.2) is 29.4 Å². The number of nitrogens with one attached hydrogen (secondary N) is 2. The summed E-state index contributed by atoms with van der Waals surface area (Å²) in [6.45, 7) is 8.56. The van der Waals surface area contributed by atoms with Crippen molar-refractivity contribution in [2.75, 3.05) is 5.32 Å². The second-order valence-electron chi connectivity index (χ2n) is 7.38. The van der Waals surface area contributed by atoms with Crippen LogP contribution in [0.4, 0.5) is 5.00 Å². The first-order valence-electron chi connectivity index (χ1n) is 8.53. The van der Waals surface area contributed by atoms with Gasteiger partial charge in [0, 0.05) is 17.3 Å². The quantitative estimate of drug-likeness (QED) is 0.802. The lowest BCUT2D eigenvalue weighted by atomic mass is 9.95. The minimum Gasteiger partial charge on any atom is -0.449 e. The Hall–Kier alpha value is -1.89. The minimum atomic E-state index is -0.906. The average molecular weight is 366 g/mol. The summed E-state index contributed by atoms with van der Waals surface area (Å²) in [4.78, 5) is 37.5. The highest BCUT2D eigenvalue weighted by molar-refractivity contribution is 7.17. The van der Waals surface area contributed by atoms with Gasteiger partial charge < -0.3 is 15.4 Å². The van der Waals surface area contributed by atoms with Crippen molar-refractivity contribution in [1.29, 1.82) is 0 Å². The molecule has 1 aromatic rings. The van der Waals surface area contributed by atoms with Crippen molar-refractivity contribution in [3.63, 3.8) is 0 Å². The Labute approximate surface area is 152 Å². The lowest BCUT2D eigenvalue weighted by molar-refractivity contribution is -0.130. The molecule has 1 heterocycles. The molecule has 0 aromatic carbocycles. The van der Waals surface area contributed by atoms with Crippen molar-refractivity contribution in [3.05, 3.63) is 16.0 Å². The van der Waals surface area contributed by atoms with Crippen molar-refractivity contribution in [1.82, 2.24) is 5.32 Å². The average Bonchev–Trinajstić information content (AvgIpc) is 2.82. The Bertz CT molecular complexity index is 688. The van der Waals surface area contributed by atoms with Crippen LogP contribution in [0.25, 0.3) is 0 Å². The number of rotatable bonds is 4. The van der Waals surface area contributed by atoms with E-state index >= 15 is 0 Å². The third-order valence-electron chi connectivity index (χ3n) is 3.82. The van der Waals surface area contributed by atoms with Gasteiger partial charge in [-0.05, 0) is 58.9 Å². The smallest absolute Gasteiger partial charge is 0.342 e. The summed E-state index contributed by atoms with van der Waals surface area (Å²) >= 11 is 1.43. The highest BCUT2D eigenvalue weighted by Gasteiger charge is 2.30. The van der Waals surface area contributed by atoms with Crippen LogP contribution in [0.1, 0.15) is 68.3 Å². The number of anilines is 1. The first kappa shape index (κ1) is 19.4. The van der Waals surface area contributed by atoms with E-state index in [1.165, 1.54) is 18.3 Å². The highest BCUT2D eigenvalue weighted by Crippen LogP contribution is 2.38. The van der Waals surface area contributed by atoms with E-state index in [2.05, 4.69) is 10.6 Å². The van der Waals surface area contributed by atoms with Gasteiger partial charge in [0.1, 0.15) is 5.00 Å². The summed E-state index contributed by atoms with van der Waals surface area (Å²) in [5.41, 5.74) is 0.958. The molecular formula is C18H26N2O4S. The largest absolute Gasteiger partial charge is 0.449 e. The first-order chi connectivity index (χ1) is 11.6. The zero-order valence-electron chi connectivity index (χ0n) is 15.4. The van der Waals surface area contributed by atoms with E-state index in [0.717, 1.165) is 36.1 Å². The number of aryl methyl sites for hydroxylation is 1. The van der Waals surface area contributed by atoms with Crippen molar-refractivity contribution in [2.45, 2.75) is 71.9 Å². The number of amides is 2. The molecule has 0 unspecified atom stereocenters. The van der Waals surface area contributed by atoms with Gasteiger partial charge in [0.25, 0.3) is 5.91 Å². The molecule has 1 aromatic heterocycles. The molecule has 0 spiro atoms. The van der Waals surface area contributed by atoms with Crippen LogP contribution in [0.5, 0.6) is 0 Å². The van der Waals surface area contributed by atoms with Gasteiger partial charge in [-0.15, -0.1) is 11.3 Å². The third kappa shape index (κ3) is 5.04. The number of hydrogen-bond donors (Lipinski definition) is 2. The SMILES string of the molecule is CC(=O)Nc1sc2c(c1C(=O)O[C@H](C)C(=O)NC(C)(C)C)CCCC2. The van der Waals surface area contributed by atoms with Crippen molar-refractivity contribution >= 4 is 34.1 Å². The van der Waals surface area contributed by atoms with Gasteiger partial charge >= 0.3 is 5.97 Å². The zero-order valence-corrected chi connectivity index (χ0v) is 16.3. The predicted octanol–water partition coefficient (Wildman–Crippen LogP) is 3.05. The van der Waals surface area contributed by atoms with Crippen LogP contribution in [0.3, 0.4) is 0 Å². The third-order valence-corrected chi connectivity index (χ3v) is 5.02. The normalized spacial score (nSPS) is 15.1. The molecule has 2 N–H and O–H groups in total. The standard InChI is InChI=1S/C18H26N2O4S/c1-10(15(22)20-18(3,4)5)24-17(23)14-12-8-6-7-9-13(12)25-16(14)19-11(2)21/h10H,6-9H2,1-5H3,(H,19,21)(H,20,22)/t10-/m1/s1. The van der Waals surface area contributed by atoms with E-state index in [9.17, 15) is 14.4 Å². The maximum Gasteiger partial charge on any atom is 0.342 e. The van der Waals surface area contributed by atoms with E-state index in [1.807, 2.05) is 20.8 Å². The monoisotopic (exact) mass is 366 g/mol. The molecule has 0 fully saturated rings. The lowest BCUT2D eigenvalue weighted by Crippen LogP contribution is -2.46. The zero-order chi connectivity index (χ0) is 18.8. The van der Waals surface area contributed by atoms with Gasteiger partial charge in [0.05, 0.1) is 5.56 Å². The van der Waals surface area contributed by atoms with E-state index in [0.29, 0.717) is 10.6 Å². The van der Waals surface area contributed by atoms with E-state index in [-0.39, 0.29) is 11.8 Å². The molecule has 2 rings (SSSR count). The molecule has 0 saturated heterocycles. The lowest BCUT2D eigenvalue weighted by Gasteiger charge is -2.23. The summed E-state index contributed by atoms with van der Waals surface area (Å²) in [6.07, 6.45) is 2.87. The summed E-state index contributed by atoms with van der Waals surface area (Å²) in [6, 6.07) is 0.